The molecule has 0 aromatic rings. The van der Waals surface area contributed by atoms with Crippen molar-refractivity contribution in [2.24, 2.45) is 5.73 Å². The molecular weight excluding hydrogens is 172 g/mol. The zero-order valence-electron chi connectivity index (χ0n) is 8.17. The summed E-state index contributed by atoms with van der Waals surface area (Å²) in [6.07, 6.45) is 0. The van der Waals surface area contributed by atoms with Gasteiger partial charge in [0.1, 0.15) is 0 Å². The SMILES string of the molecule is CCOC(=O)C(C)(O)CNCCN. The lowest BCUT2D eigenvalue weighted by atomic mass is 10.1. The van der Waals surface area contributed by atoms with E-state index in [0.29, 0.717) is 13.1 Å². The van der Waals surface area contributed by atoms with Gasteiger partial charge in [-0.15, -0.1) is 0 Å². The van der Waals surface area contributed by atoms with Crippen LogP contribution in [0.2, 0.25) is 0 Å². The predicted molar refractivity (Wildman–Crippen MR) is 49.2 cm³/mol. The number of carbonyl (C=O) groups is 1. The van der Waals surface area contributed by atoms with Crippen molar-refractivity contribution in [3.63, 3.8) is 0 Å². The average molecular weight is 190 g/mol. The summed E-state index contributed by atoms with van der Waals surface area (Å²) in [5.74, 6) is -0.612. The van der Waals surface area contributed by atoms with E-state index in [0.717, 1.165) is 0 Å². The van der Waals surface area contributed by atoms with Crippen LogP contribution in [0.4, 0.5) is 0 Å². The molecule has 0 fully saturated rings. The van der Waals surface area contributed by atoms with Gasteiger partial charge in [-0.3, -0.25) is 0 Å². The molecule has 5 nitrogen and oxygen atoms in total. The predicted octanol–water partition coefficient (Wildman–Crippen LogP) is -1.15. The summed E-state index contributed by atoms with van der Waals surface area (Å²) < 4.78 is 4.68. The van der Waals surface area contributed by atoms with Gasteiger partial charge in [-0.25, -0.2) is 4.79 Å². The maximum Gasteiger partial charge on any atom is 0.339 e. The van der Waals surface area contributed by atoms with Gasteiger partial charge in [-0.2, -0.15) is 0 Å². The van der Waals surface area contributed by atoms with Crippen molar-refractivity contribution in [1.29, 1.82) is 0 Å². The molecule has 0 rings (SSSR count). The fourth-order valence-electron chi connectivity index (χ4n) is 0.793. The standard InChI is InChI=1S/C8H18N2O3/c1-3-13-7(11)8(2,12)6-10-5-4-9/h10,12H,3-6,9H2,1-2H3. The monoisotopic (exact) mass is 190 g/mol. The third kappa shape index (κ3) is 4.82. The van der Waals surface area contributed by atoms with Gasteiger partial charge in [-0.05, 0) is 13.8 Å². The van der Waals surface area contributed by atoms with E-state index in [1.807, 2.05) is 0 Å². The maximum atomic E-state index is 11.1. The molecule has 1 atom stereocenters. The fourth-order valence-corrected chi connectivity index (χ4v) is 0.793. The molecule has 0 aliphatic rings. The lowest BCUT2D eigenvalue weighted by Crippen LogP contribution is -2.46. The van der Waals surface area contributed by atoms with Crippen LogP contribution >= 0.6 is 0 Å². The summed E-state index contributed by atoms with van der Waals surface area (Å²) in [5.41, 5.74) is 3.77. The summed E-state index contributed by atoms with van der Waals surface area (Å²) in [7, 11) is 0. The van der Waals surface area contributed by atoms with E-state index in [2.05, 4.69) is 10.1 Å². The Balaban J connectivity index is 3.83. The van der Waals surface area contributed by atoms with Crippen LogP contribution in [-0.2, 0) is 9.53 Å². The van der Waals surface area contributed by atoms with E-state index in [4.69, 9.17) is 5.73 Å². The van der Waals surface area contributed by atoms with Crippen LogP contribution in [0.5, 0.6) is 0 Å². The molecule has 78 valence electrons. The average Bonchev–Trinajstić information content (AvgIpc) is 2.05. The molecule has 13 heavy (non-hydrogen) atoms. The largest absolute Gasteiger partial charge is 0.464 e. The molecule has 0 aliphatic carbocycles. The second-order valence-corrected chi connectivity index (χ2v) is 2.96. The highest BCUT2D eigenvalue weighted by Crippen LogP contribution is 2.03. The highest BCUT2D eigenvalue weighted by Gasteiger charge is 2.30. The quantitative estimate of drug-likeness (QED) is 0.364. The van der Waals surface area contributed by atoms with Crippen LogP contribution in [0.25, 0.3) is 0 Å². The molecule has 0 saturated carbocycles. The van der Waals surface area contributed by atoms with Crippen molar-refractivity contribution >= 4 is 5.97 Å². The minimum absolute atomic E-state index is 0.156. The fraction of sp³-hybridized carbons (Fsp3) is 0.875. The number of ether oxygens (including phenoxy) is 1. The molecule has 0 heterocycles. The smallest absolute Gasteiger partial charge is 0.339 e. The summed E-state index contributed by atoms with van der Waals surface area (Å²) in [5, 5.41) is 12.4. The normalized spacial score (nSPS) is 15.1. The van der Waals surface area contributed by atoms with Gasteiger partial charge in [0.15, 0.2) is 5.60 Å². The van der Waals surface area contributed by atoms with Gasteiger partial charge < -0.3 is 20.9 Å². The van der Waals surface area contributed by atoms with E-state index in [1.165, 1.54) is 6.92 Å². The molecule has 0 aromatic heterocycles. The van der Waals surface area contributed by atoms with Gasteiger partial charge in [0, 0.05) is 19.6 Å². The zero-order chi connectivity index (χ0) is 10.3. The molecule has 5 heteroatoms. The molecule has 0 bridgehead atoms. The van der Waals surface area contributed by atoms with Gasteiger partial charge in [0.05, 0.1) is 6.61 Å². The Morgan fingerprint density at radius 1 is 1.69 bits per heavy atom. The van der Waals surface area contributed by atoms with E-state index >= 15 is 0 Å². The number of rotatable bonds is 6. The minimum atomic E-state index is -1.47. The van der Waals surface area contributed by atoms with Crippen LogP contribution in [0, 0.1) is 0 Å². The lowest BCUT2D eigenvalue weighted by molar-refractivity contribution is -0.162. The van der Waals surface area contributed by atoms with Crippen LogP contribution in [0.15, 0.2) is 0 Å². The number of nitrogens with two attached hydrogens (primary N) is 1. The number of nitrogens with one attached hydrogen (secondary N) is 1. The van der Waals surface area contributed by atoms with Gasteiger partial charge in [-0.1, -0.05) is 0 Å². The molecule has 0 aliphatic heterocycles. The van der Waals surface area contributed by atoms with Gasteiger partial charge in [0.25, 0.3) is 0 Å². The third-order valence-electron chi connectivity index (χ3n) is 1.51. The summed E-state index contributed by atoms with van der Waals surface area (Å²) in [6, 6.07) is 0. The number of hydrogen-bond donors (Lipinski definition) is 3. The molecule has 4 N–H and O–H groups in total. The second kappa shape index (κ2) is 5.90. The Bertz CT molecular complexity index is 159. The third-order valence-corrected chi connectivity index (χ3v) is 1.51. The first-order chi connectivity index (χ1) is 6.04. The van der Waals surface area contributed by atoms with E-state index in [-0.39, 0.29) is 13.2 Å². The molecule has 1 unspecified atom stereocenters. The number of aliphatic hydroxyl groups is 1. The van der Waals surface area contributed by atoms with E-state index < -0.39 is 11.6 Å². The van der Waals surface area contributed by atoms with Crippen LogP contribution in [0.1, 0.15) is 13.8 Å². The topological polar surface area (TPSA) is 84.6 Å². The Hall–Kier alpha value is -0.650. The van der Waals surface area contributed by atoms with Crippen molar-refractivity contribution < 1.29 is 14.6 Å². The molecule has 0 spiro atoms. The second-order valence-electron chi connectivity index (χ2n) is 2.96. The highest BCUT2D eigenvalue weighted by atomic mass is 16.5. The van der Waals surface area contributed by atoms with E-state index in [1.54, 1.807) is 6.92 Å². The van der Waals surface area contributed by atoms with Crippen molar-refractivity contribution in [1.82, 2.24) is 5.32 Å². The number of esters is 1. The van der Waals surface area contributed by atoms with Gasteiger partial charge >= 0.3 is 5.97 Å². The Morgan fingerprint density at radius 3 is 2.77 bits per heavy atom. The first-order valence-electron chi connectivity index (χ1n) is 4.35. The minimum Gasteiger partial charge on any atom is -0.464 e. The summed E-state index contributed by atoms with van der Waals surface area (Å²) in [6.45, 7) is 4.57. The first-order valence-corrected chi connectivity index (χ1v) is 4.35. The highest BCUT2D eigenvalue weighted by molar-refractivity contribution is 5.79. The molecular formula is C8H18N2O3. The van der Waals surface area contributed by atoms with Crippen molar-refractivity contribution in [2.75, 3.05) is 26.2 Å². The Kier molecular flexibility index (Phi) is 5.61. The number of hydrogen-bond acceptors (Lipinski definition) is 5. The number of carbonyl (C=O) groups excluding carboxylic acids is 1. The molecule has 0 aromatic carbocycles. The Morgan fingerprint density at radius 2 is 2.31 bits per heavy atom. The van der Waals surface area contributed by atoms with Crippen molar-refractivity contribution in [2.45, 2.75) is 19.4 Å². The van der Waals surface area contributed by atoms with Crippen LogP contribution in [0.3, 0.4) is 0 Å². The Labute approximate surface area is 78.3 Å². The van der Waals surface area contributed by atoms with E-state index in [9.17, 15) is 9.90 Å². The van der Waals surface area contributed by atoms with Crippen LogP contribution in [-0.4, -0.2) is 42.9 Å². The van der Waals surface area contributed by atoms with Crippen LogP contribution < -0.4 is 11.1 Å². The maximum absolute atomic E-state index is 11.1. The zero-order valence-corrected chi connectivity index (χ0v) is 8.17. The molecule has 0 saturated heterocycles. The molecule has 0 radical (unpaired) electrons. The van der Waals surface area contributed by atoms with Gasteiger partial charge in [0.2, 0.25) is 0 Å². The summed E-state index contributed by atoms with van der Waals surface area (Å²) in [4.78, 5) is 11.1. The van der Waals surface area contributed by atoms with Crippen molar-refractivity contribution in [3.8, 4) is 0 Å². The first kappa shape index (κ1) is 12.3. The molecule has 0 amide bonds. The van der Waals surface area contributed by atoms with Crippen molar-refractivity contribution in [3.05, 3.63) is 0 Å². The lowest BCUT2D eigenvalue weighted by Gasteiger charge is -2.21. The summed E-state index contributed by atoms with van der Waals surface area (Å²) >= 11 is 0.